The lowest BCUT2D eigenvalue weighted by Gasteiger charge is -2.33. The van der Waals surface area contributed by atoms with Gasteiger partial charge in [-0.1, -0.05) is 50.5 Å². The van der Waals surface area contributed by atoms with E-state index in [1.807, 2.05) is 6.92 Å². The van der Waals surface area contributed by atoms with Crippen LogP contribution in [0.15, 0.2) is 24.3 Å². The van der Waals surface area contributed by atoms with Gasteiger partial charge in [-0.15, -0.1) is 0 Å². The minimum atomic E-state index is -0.529. The van der Waals surface area contributed by atoms with Gasteiger partial charge >= 0.3 is 0 Å². The van der Waals surface area contributed by atoms with Gasteiger partial charge in [0.25, 0.3) is 0 Å². The van der Waals surface area contributed by atoms with Crippen LogP contribution in [0.25, 0.3) is 0 Å². The summed E-state index contributed by atoms with van der Waals surface area (Å²) in [5.41, 5.74) is 2.10. The van der Waals surface area contributed by atoms with Gasteiger partial charge < -0.3 is 5.11 Å². The average Bonchev–Trinajstić information content (AvgIpc) is 2.24. The van der Waals surface area contributed by atoms with Gasteiger partial charge in [-0.05, 0) is 36.8 Å². The first-order valence-electron chi connectivity index (χ1n) is 6.89. The molecule has 2 rings (SSSR count). The highest BCUT2D eigenvalue weighted by molar-refractivity contribution is 5.23. The molecule has 0 spiro atoms. The third kappa shape index (κ3) is 3.57. The highest BCUT2D eigenvalue weighted by Crippen LogP contribution is 2.34. The Morgan fingerprint density at radius 3 is 2.24 bits per heavy atom. The Hall–Kier alpha value is -0.820. The van der Waals surface area contributed by atoms with E-state index in [0.29, 0.717) is 0 Å². The van der Waals surface area contributed by atoms with Crippen molar-refractivity contribution in [3.05, 3.63) is 35.4 Å². The van der Waals surface area contributed by atoms with E-state index < -0.39 is 5.60 Å². The van der Waals surface area contributed by atoms with Crippen LogP contribution in [0.5, 0.6) is 0 Å². The van der Waals surface area contributed by atoms with E-state index in [2.05, 4.69) is 31.2 Å². The third-order valence-electron chi connectivity index (χ3n) is 3.97. The first-order valence-corrected chi connectivity index (χ1v) is 6.89. The summed E-state index contributed by atoms with van der Waals surface area (Å²) >= 11 is 0. The summed E-state index contributed by atoms with van der Waals surface area (Å²) in [4.78, 5) is 0. The fourth-order valence-electron chi connectivity index (χ4n) is 2.72. The van der Waals surface area contributed by atoms with Crippen LogP contribution in [0.3, 0.4) is 0 Å². The fraction of sp³-hybridized carbons (Fsp3) is 0.625. The number of aryl methyl sites for hydroxylation is 1. The Kier molecular flexibility index (Phi) is 3.88. The highest BCUT2D eigenvalue weighted by Gasteiger charge is 2.28. The maximum atomic E-state index is 10.4. The van der Waals surface area contributed by atoms with E-state index in [1.165, 1.54) is 30.4 Å². The number of benzene rings is 1. The fourth-order valence-corrected chi connectivity index (χ4v) is 2.72. The van der Waals surface area contributed by atoms with Gasteiger partial charge in [-0.2, -0.15) is 0 Å². The molecule has 94 valence electrons. The standard InChI is InChI=1S/C16H24O/c1-3-13-7-9-15(10-8-13)12-16(2,17)11-14-5-4-6-14/h7-10,14,17H,3-6,11-12H2,1-2H3. The topological polar surface area (TPSA) is 20.2 Å². The molecule has 1 atom stereocenters. The molecule has 1 saturated carbocycles. The molecular weight excluding hydrogens is 208 g/mol. The van der Waals surface area contributed by atoms with Crippen molar-refractivity contribution in [3.8, 4) is 0 Å². The predicted molar refractivity (Wildman–Crippen MR) is 72.1 cm³/mol. The Labute approximate surface area is 105 Å². The van der Waals surface area contributed by atoms with Crippen molar-refractivity contribution in [3.63, 3.8) is 0 Å². The first kappa shape index (κ1) is 12.6. The average molecular weight is 232 g/mol. The molecule has 0 aliphatic heterocycles. The maximum Gasteiger partial charge on any atom is 0.0662 e. The van der Waals surface area contributed by atoms with Crippen LogP contribution < -0.4 is 0 Å². The van der Waals surface area contributed by atoms with Crippen LogP contribution in [0.2, 0.25) is 0 Å². The monoisotopic (exact) mass is 232 g/mol. The first-order chi connectivity index (χ1) is 8.09. The van der Waals surface area contributed by atoms with Gasteiger partial charge in [0.1, 0.15) is 0 Å². The zero-order valence-electron chi connectivity index (χ0n) is 11.1. The second kappa shape index (κ2) is 5.22. The van der Waals surface area contributed by atoms with Gasteiger partial charge in [0.2, 0.25) is 0 Å². The maximum absolute atomic E-state index is 10.4. The summed E-state index contributed by atoms with van der Waals surface area (Å²) in [6, 6.07) is 8.67. The highest BCUT2D eigenvalue weighted by atomic mass is 16.3. The molecule has 1 aliphatic carbocycles. The molecule has 0 saturated heterocycles. The van der Waals surface area contributed by atoms with Crippen molar-refractivity contribution >= 4 is 0 Å². The molecule has 17 heavy (non-hydrogen) atoms. The normalized spacial score (nSPS) is 19.7. The smallest absolute Gasteiger partial charge is 0.0662 e. The molecule has 1 nitrogen and oxygen atoms in total. The molecule has 1 fully saturated rings. The van der Waals surface area contributed by atoms with Crippen LogP contribution in [-0.2, 0) is 12.8 Å². The van der Waals surface area contributed by atoms with Crippen LogP contribution in [0.4, 0.5) is 0 Å². The van der Waals surface area contributed by atoms with Crippen molar-refractivity contribution in [2.24, 2.45) is 5.92 Å². The van der Waals surface area contributed by atoms with Gasteiger partial charge in [0.05, 0.1) is 5.60 Å². The van der Waals surface area contributed by atoms with Crippen molar-refractivity contribution in [2.45, 2.75) is 58.0 Å². The van der Waals surface area contributed by atoms with E-state index in [1.54, 1.807) is 0 Å². The Balaban J connectivity index is 1.92. The molecule has 0 aromatic heterocycles. The number of rotatable bonds is 5. The van der Waals surface area contributed by atoms with Crippen molar-refractivity contribution in [2.75, 3.05) is 0 Å². The Morgan fingerprint density at radius 2 is 1.76 bits per heavy atom. The van der Waals surface area contributed by atoms with E-state index in [-0.39, 0.29) is 0 Å². The molecule has 1 aliphatic rings. The quantitative estimate of drug-likeness (QED) is 0.820. The summed E-state index contributed by atoms with van der Waals surface area (Å²) in [5.74, 6) is 0.764. The van der Waals surface area contributed by atoms with E-state index in [9.17, 15) is 5.11 Å². The third-order valence-corrected chi connectivity index (χ3v) is 3.97. The van der Waals surface area contributed by atoms with Crippen LogP contribution in [0.1, 0.15) is 50.7 Å². The SMILES string of the molecule is CCc1ccc(CC(C)(O)CC2CCC2)cc1. The number of hydrogen-bond acceptors (Lipinski definition) is 1. The summed E-state index contributed by atoms with van der Waals surface area (Å²) in [5, 5.41) is 10.4. The van der Waals surface area contributed by atoms with Gasteiger partial charge in [0.15, 0.2) is 0 Å². The minimum absolute atomic E-state index is 0.529. The van der Waals surface area contributed by atoms with Crippen molar-refractivity contribution in [1.82, 2.24) is 0 Å². The molecule has 1 aromatic rings. The lowest BCUT2D eigenvalue weighted by Crippen LogP contribution is -2.32. The van der Waals surface area contributed by atoms with E-state index in [0.717, 1.165) is 25.2 Å². The minimum Gasteiger partial charge on any atom is -0.390 e. The lowest BCUT2D eigenvalue weighted by molar-refractivity contribution is 0.0204. The summed E-state index contributed by atoms with van der Waals surface area (Å²) < 4.78 is 0. The van der Waals surface area contributed by atoms with E-state index >= 15 is 0 Å². The summed E-state index contributed by atoms with van der Waals surface area (Å²) in [6.45, 7) is 4.15. The van der Waals surface area contributed by atoms with Gasteiger partial charge in [-0.25, -0.2) is 0 Å². The molecule has 1 N–H and O–H groups in total. The molecule has 1 heteroatoms. The zero-order valence-corrected chi connectivity index (χ0v) is 11.1. The zero-order chi connectivity index (χ0) is 12.3. The largest absolute Gasteiger partial charge is 0.390 e. The van der Waals surface area contributed by atoms with Crippen LogP contribution in [-0.4, -0.2) is 10.7 Å². The molecule has 0 heterocycles. The molecular formula is C16H24O. The molecule has 0 radical (unpaired) electrons. The molecule has 0 bridgehead atoms. The van der Waals surface area contributed by atoms with Crippen molar-refractivity contribution < 1.29 is 5.11 Å². The predicted octanol–water partition coefficient (Wildman–Crippen LogP) is 3.73. The lowest BCUT2D eigenvalue weighted by atomic mass is 9.76. The van der Waals surface area contributed by atoms with Crippen LogP contribution in [0, 0.1) is 5.92 Å². The van der Waals surface area contributed by atoms with Gasteiger partial charge in [0, 0.05) is 6.42 Å². The van der Waals surface area contributed by atoms with E-state index in [4.69, 9.17) is 0 Å². The molecule has 1 unspecified atom stereocenters. The van der Waals surface area contributed by atoms with Crippen molar-refractivity contribution in [1.29, 1.82) is 0 Å². The molecule has 0 amide bonds. The molecule has 1 aromatic carbocycles. The van der Waals surface area contributed by atoms with Gasteiger partial charge in [-0.3, -0.25) is 0 Å². The Bertz CT molecular complexity index is 346. The van der Waals surface area contributed by atoms with Crippen LogP contribution >= 0.6 is 0 Å². The Morgan fingerprint density at radius 1 is 1.18 bits per heavy atom. The summed E-state index contributed by atoms with van der Waals surface area (Å²) in [7, 11) is 0. The second-order valence-electron chi connectivity index (χ2n) is 5.84. The second-order valence-corrected chi connectivity index (χ2v) is 5.84. The summed E-state index contributed by atoms with van der Waals surface area (Å²) in [6.07, 6.45) is 6.80. The number of hydrogen-bond donors (Lipinski definition) is 1. The number of aliphatic hydroxyl groups is 1.